The summed E-state index contributed by atoms with van der Waals surface area (Å²) in [5.41, 5.74) is 6.36. The number of fused-ring (bicyclic) bond motifs is 1. The Morgan fingerprint density at radius 3 is 2.53 bits per heavy atom. The molecule has 0 radical (unpaired) electrons. The molecule has 0 saturated carbocycles. The number of carboxylic acid groups (broad SMARTS) is 1. The van der Waals surface area contributed by atoms with E-state index in [1.807, 2.05) is 0 Å². The number of aromatic hydroxyl groups is 2. The van der Waals surface area contributed by atoms with Gasteiger partial charge in [0, 0.05) is 5.56 Å². The highest BCUT2D eigenvalue weighted by Gasteiger charge is 2.24. The molecule has 3 aromatic carbocycles. The summed E-state index contributed by atoms with van der Waals surface area (Å²) >= 11 is 0. The Bertz CT molecular complexity index is 1350. The molecule has 1 heterocycles. The highest BCUT2D eigenvalue weighted by Crippen LogP contribution is 2.45. The molecule has 0 spiro atoms. The highest BCUT2D eigenvalue weighted by atomic mass is 19.1. The number of benzene rings is 3. The summed E-state index contributed by atoms with van der Waals surface area (Å²) in [5, 5.41) is 38.4. The van der Waals surface area contributed by atoms with E-state index in [0.717, 1.165) is 12.1 Å². The van der Waals surface area contributed by atoms with Crippen LogP contribution in [0.1, 0.15) is 15.9 Å². The molecule has 8 nitrogen and oxygen atoms in total. The molecule has 0 aliphatic heterocycles. The second kappa shape index (κ2) is 6.89. The van der Waals surface area contributed by atoms with E-state index in [1.54, 1.807) is 18.2 Å². The number of nitrogens with one attached hydrogen (secondary N) is 2. The smallest absolute Gasteiger partial charge is 0.339 e. The van der Waals surface area contributed by atoms with Gasteiger partial charge in [-0.25, -0.2) is 14.2 Å². The largest absolute Gasteiger partial charge is 0.506 e. The maximum Gasteiger partial charge on any atom is 0.339 e. The summed E-state index contributed by atoms with van der Waals surface area (Å²) < 4.78 is 13.7. The molecule has 0 fully saturated rings. The van der Waals surface area contributed by atoms with Crippen molar-refractivity contribution in [3.05, 3.63) is 65.5 Å². The SMILES string of the molecule is N=C(N)c1ccc2nc(-c3cc(C(=O)O)c(O)c(-c4cccc(F)c4)c3O)[nH]c2c1. The predicted molar refractivity (Wildman–Crippen MR) is 108 cm³/mol. The molecule has 0 atom stereocenters. The third-order valence-corrected chi connectivity index (χ3v) is 4.66. The molecule has 9 heteroatoms. The van der Waals surface area contributed by atoms with Crippen molar-refractivity contribution < 1.29 is 24.5 Å². The number of amidine groups is 1. The third kappa shape index (κ3) is 3.08. The first kappa shape index (κ1) is 18.9. The lowest BCUT2D eigenvalue weighted by Gasteiger charge is -2.13. The minimum Gasteiger partial charge on any atom is -0.506 e. The van der Waals surface area contributed by atoms with Crippen molar-refractivity contribution in [2.45, 2.75) is 0 Å². The van der Waals surface area contributed by atoms with Gasteiger partial charge in [0.2, 0.25) is 0 Å². The molecule has 7 N–H and O–H groups in total. The molecule has 0 saturated heterocycles. The summed E-state index contributed by atoms with van der Waals surface area (Å²) in [6, 6.07) is 11.0. The van der Waals surface area contributed by atoms with Crippen molar-refractivity contribution in [3.8, 4) is 34.0 Å². The number of carboxylic acids is 1. The number of halogens is 1. The zero-order chi connectivity index (χ0) is 21.6. The van der Waals surface area contributed by atoms with Crippen LogP contribution in [0.5, 0.6) is 11.5 Å². The molecule has 0 aliphatic carbocycles. The van der Waals surface area contributed by atoms with Gasteiger partial charge in [-0.2, -0.15) is 0 Å². The topological polar surface area (TPSA) is 156 Å². The van der Waals surface area contributed by atoms with Gasteiger partial charge in [-0.05, 0) is 42.0 Å². The van der Waals surface area contributed by atoms with Crippen molar-refractivity contribution in [3.63, 3.8) is 0 Å². The van der Waals surface area contributed by atoms with Gasteiger partial charge in [0.25, 0.3) is 0 Å². The molecule has 0 unspecified atom stereocenters. The summed E-state index contributed by atoms with van der Waals surface area (Å²) in [7, 11) is 0. The predicted octanol–water partition coefficient (Wildman–Crippen LogP) is 3.43. The molecule has 30 heavy (non-hydrogen) atoms. The Labute approximate surface area is 168 Å². The van der Waals surface area contributed by atoms with E-state index in [9.17, 15) is 24.5 Å². The molecule has 0 aliphatic rings. The van der Waals surface area contributed by atoms with Crippen LogP contribution in [0.15, 0.2) is 48.5 Å². The van der Waals surface area contributed by atoms with Crippen LogP contribution in [0.3, 0.4) is 0 Å². The highest BCUT2D eigenvalue weighted by molar-refractivity contribution is 6.00. The van der Waals surface area contributed by atoms with Gasteiger partial charge in [0.15, 0.2) is 0 Å². The Kier molecular flexibility index (Phi) is 4.35. The Hall–Kier alpha value is -4.40. The number of nitrogens with two attached hydrogens (primary N) is 1. The van der Waals surface area contributed by atoms with E-state index in [1.165, 1.54) is 18.2 Å². The lowest BCUT2D eigenvalue weighted by Crippen LogP contribution is -2.10. The number of hydrogen-bond acceptors (Lipinski definition) is 5. The number of nitrogens with zero attached hydrogens (tertiary/aromatic N) is 1. The Balaban J connectivity index is 1.99. The van der Waals surface area contributed by atoms with Gasteiger partial charge >= 0.3 is 5.97 Å². The van der Waals surface area contributed by atoms with Crippen molar-refractivity contribution in [2.75, 3.05) is 0 Å². The number of aromatic amines is 1. The number of imidazole rings is 1. The van der Waals surface area contributed by atoms with Crippen LogP contribution in [0.2, 0.25) is 0 Å². The van der Waals surface area contributed by atoms with E-state index in [4.69, 9.17) is 11.1 Å². The van der Waals surface area contributed by atoms with Crippen molar-refractivity contribution in [1.82, 2.24) is 9.97 Å². The van der Waals surface area contributed by atoms with Gasteiger partial charge in [0.1, 0.15) is 34.5 Å². The first-order chi connectivity index (χ1) is 14.3. The molecular formula is C21H15FN4O4. The van der Waals surface area contributed by atoms with E-state index in [0.29, 0.717) is 16.6 Å². The molecular weight excluding hydrogens is 391 g/mol. The second-order valence-electron chi connectivity index (χ2n) is 6.59. The van der Waals surface area contributed by atoms with E-state index < -0.39 is 28.8 Å². The maximum absolute atomic E-state index is 13.7. The van der Waals surface area contributed by atoms with Gasteiger partial charge in [0.05, 0.1) is 22.2 Å². The summed E-state index contributed by atoms with van der Waals surface area (Å²) in [5.74, 6) is -3.21. The average molecular weight is 406 g/mol. The van der Waals surface area contributed by atoms with Crippen molar-refractivity contribution in [2.24, 2.45) is 5.73 Å². The average Bonchev–Trinajstić information content (AvgIpc) is 3.10. The first-order valence-electron chi connectivity index (χ1n) is 8.69. The van der Waals surface area contributed by atoms with Crippen LogP contribution >= 0.6 is 0 Å². The number of H-pyrrole nitrogens is 1. The number of carbonyl (C=O) groups is 1. The Morgan fingerprint density at radius 2 is 1.87 bits per heavy atom. The Morgan fingerprint density at radius 1 is 1.10 bits per heavy atom. The zero-order valence-electron chi connectivity index (χ0n) is 15.3. The van der Waals surface area contributed by atoms with Gasteiger partial charge < -0.3 is 26.0 Å². The zero-order valence-corrected chi connectivity index (χ0v) is 15.3. The van der Waals surface area contributed by atoms with Crippen LogP contribution in [-0.4, -0.2) is 37.1 Å². The van der Waals surface area contributed by atoms with Gasteiger partial charge in [-0.15, -0.1) is 0 Å². The van der Waals surface area contributed by atoms with E-state index in [2.05, 4.69) is 9.97 Å². The quantitative estimate of drug-likeness (QED) is 0.225. The first-order valence-corrected chi connectivity index (χ1v) is 8.69. The van der Waals surface area contributed by atoms with E-state index in [-0.39, 0.29) is 28.4 Å². The van der Waals surface area contributed by atoms with Gasteiger partial charge in [-0.1, -0.05) is 12.1 Å². The molecule has 0 amide bonds. The number of aromatic nitrogens is 2. The molecule has 0 bridgehead atoms. The molecule has 150 valence electrons. The summed E-state index contributed by atoms with van der Waals surface area (Å²) in [4.78, 5) is 19.0. The number of phenolic OH excluding ortho intramolecular Hbond substituents is 1. The third-order valence-electron chi connectivity index (χ3n) is 4.66. The molecule has 4 rings (SSSR count). The van der Waals surface area contributed by atoms with Crippen molar-refractivity contribution in [1.29, 1.82) is 5.41 Å². The fourth-order valence-corrected chi connectivity index (χ4v) is 3.23. The van der Waals surface area contributed by atoms with Gasteiger partial charge in [-0.3, -0.25) is 5.41 Å². The summed E-state index contributed by atoms with van der Waals surface area (Å²) in [6.45, 7) is 0. The minimum absolute atomic E-state index is 0.00466. The fraction of sp³-hybridized carbons (Fsp3) is 0. The van der Waals surface area contributed by atoms with Crippen LogP contribution in [0.25, 0.3) is 33.5 Å². The lowest BCUT2D eigenvalue weighted by atomic mass is 9.96. The van der Waals surface area contributed by atoms with Crippen LogP contribution in [0.4, 0.5) is 4.39 Å². The second-order valence-corrected chi connectivity index (χ2v) is 6.59. The molecule has 4 aromatic rings. The van der Waals surface area contributed by atoms with Crippen molar-refractivity contribution >= 4 is 22.8 Å². The maximum atomic E-state index is 13.7. The lowest BCUT2D eigenvalue weighted by molar-refractivity contribution is 0.0694. The minimum atomic E-state index is -1.43. The number of nitrogen functional groups attached to an aromatic ring is 1. The monoisotopic (exact) mass is 406 g/mol. The normalized spacial score (nSPS) is 11.0. The van der Waals surface area contributed by atoms with E-state index >= 15 is 0 Å². The molecule has 1 aromatic heterocycles. The number of aromatic carboxylic acids is 1. The summed E-state index contributed by atoms with van der Waals surface area (Å²) in [6.07, 6.45) is 0. The number of rotatable bonds is 4. The van der Waals surface area contributed by atoms with Crippen LogP contribution in [0, 0.1) is 11.2 Å². The fourth-order valence-electron chi connectivity index (χ4n) is 3.23. The van der Waals surface area contributed by atoms with Crippen LogP contribution < -0.4 is 5.73 Å². The number of phenols is 2. The standard InChI is InChI=1S/C21H15FN4O4/c22-11-3-1-2-9(6-11)16-17(27)12(8-13(18(16)28)21(29)30)20-25-14-5-4-10(19(23)24)7-15(14)26-20/h1-8,27-28H,(H3,23,24)(H,25,26)(H,29,30). The van der Waals surface area contributed by atoms with Crippen LogP contribution in [-0.2, 0) is 0 Å². The number of hydrogen-bond donors (Lipinski definition) is 6.